The van der Waals surface area contributed by atoms with E-state index in [9.17, 15) is 4.79 Å². The number of benzene rings is 1. The number of rotatable bonds is 5. The van der Waals surface area contributed by atoms with E-state index in [1.807, 2.05) is 24.3 Å². The van der Waals surface area contributed by atoms with Crippen molar-refractivity contribution in [2.45, 2.75) is 45.2 Å². The summed E-state index contributed by atoms with van der Waals surface area (Å²) in [5.74, 6) is 0.401. The van der Waals surface area contributed by atoms with Gasteiger partial charge in [0, 0.05) is 17.5 Å². The zero-order valence-corrected chi connectivity index (χ0v) is 14.1. The van der Waals surface area contributed by atoms with Crippen LogP contribution in [0.1, 0.15) is 44.7 Å². The Kier molecular flexibility index (Phi) is 7.50. The van der Waals surface area contributed by atoms with Crippen LogP contribution in [0.15, 0.2) is 24.3 Å². The Morgan fingerprint density at radius 3 is 2.71 bits per heavy atom. The van der Waals surface area contributed by atoms with Crippen molar-refractivity contribution in [3.05, 3.63) is 34.9 Å². The minimum atomic E-state index is -0.0300. The van der Waals surface area contributed by atoms with E-state index in [1.54, 1.807) is 0 Å². The normalized spacial score (nSPS) is 19.1. The first kappa shape index (κ1) is 18.3. The van der Waals surface area contributed by atoms with E-state index in [0.717, 1.165) is 24.9 Å². The summed E-state index contributed by atoms with van der Waals surface area (Å²) >= 11 is 6.25. The van der Waals surface area contributed by atoms with Gasteiger partial charge in [-0.1, -0.05) is 43.6 Å². The lowest BCUT2D eigenvalue weighted by atomic mass is 9.95. The number of nitrogens with one attached hydrogen (secondary N) is 2. The van der Waals surface area contributed by atoms with Gasteiger partial charge in [0.2, 0.25) is 5.91 Å². The summed E-state index contributed by atoms with van der Waals surface area (Å²) in [5, 5.41) is 7.20. The van der Waals surface area contributed by atoms with Crippen LogP contribution in [0, 0.1) is 5.92 Å². The van der Waals surface area contributed by atoms with Crippen LogP contribution in [0.2, 0.25) is 5.02 Å². The van der Waals surface area contributed by atoms with E-state index in [2.05, 4.69) is 24.5 Å². The van der Waals surface area contributed by atoms with Crippen LogP contribution in [-0.4, -0.2) is 18.5 Å². The molecule has 2 unspecified atom stereocenters. The predicted molar refractivity (Wildman–Crippen MR) is 90.1 cm³/mol. The second-order valence-corrected chi connectivity index (χ2v) is 6.22. The van der Waals surface area contributed by atoms with Gasteiger partial charge in [-0.2, -0.15) is 0 Å². The van der Waals surface area contributed by atoms with E-state index in [1.165, 1.54) is 0 Å². The smallest absolute Gasteiger partial charge is 0.222 e. The molecule has 1 heterocycles. The molecule has 0 bridgehead atoms. The third-order valence-electron chi connectivity index (χ3n) is 3.82. The summed E-state index contributed by atoms with van der Waals surface area (Å²) < 4.78 is 0. The molecule has 0 radical (unpaired) electrons. The fourth-order valence-electron chi connectivity index (χ4n) is 2.72. The molecule has 1 aromatic rings. The second kappa shape index (κ2) is 8.62. The summed E-state index contributed by atoms with van der Waals surface area (Å²) in [6.45, 7) is 5.22. The van der Waals surface area contributed by atoms with E-state index < -0.39 is 0 Å². The van der Waals surface area contributed by atoms with Gasteiger partial charge >= 0.3 is 0 Å². The maximum Gasteiger partial charge on any atom is 0.222 e. The lowest BCUT2D eigenvalue weighted by molar-refractivity contribution is -0.122. The lowest BCUT2D eigenvalue weighted by Gasteiger charge is -2.24. The number of halogens is 2. The van der Waals surface area contributed by atoms with Crippen LogP contribution in [0.25, 0.3) is 0 Å². The maximum atomic E-state index is 12.2. The van der Waals surface area contributed by atoms with E-state index in [4.69, 9.17) is 11.6 Å². The third kappa shape index (κ3) is 5.17. The molecule has 0 saturated carbocycles. The van der Waals surface area contributed by atoms with Crippen molar-refractivity contribution in [3.8, 4) is 0 Å². The van der Waals surface area contributed by atoms with Gasteiger partial charge in [-0.05, 0) is 36.9 Å². The van der Waals surface area contributed by atoms with Gasteiger partial charge in [0.25, 0.3) is 0 Å². The first-order valence-electron chi connectivity index (χ1n) is 7.35. The van der Waals surface area contributed by atoms with Crippen LogP contribution in [-0.2, 0) is 4.79 Å². The van der Waals surface area contributed by atoms with Crippen LogP contribution < -0.4 is 10.6 Å². The van der Waals surface area contributed by atoms with Gasteiger partial charge in [0.05, 0.1) is 6.04 Å². The largest absolute Gasteiger partial charge is 0.349 e. The van der Waals surface area contributed by atoms with Gasteiger partial charge in [-0.15, -0.1) is 12.4 Å². The van der Waals surface area contributed by atoms with Crippen molar-refractivity contribution >= 4 is 29.9 Å². The number of hydrogen-bond acceptors (Lipinski definition) is 2. The molecule has 0 aliphatic carbocycles. The zero-order valence-electron chi connectivity index (χ0n) is 12.6. The molecular weight excluding hydrogens is 307 g/mol. The molecule has 2 atom stereocenters. The first-order valence-corrected chi connectivity index (χ1v) is 7.73. The third-order valence-corrected chi connectivity index (χ3v) is 4.16. The first-order chi connectivity index (χ1) is 9.58. The fraction of sp³-hybridized carbons (Fsp3) is 0.562. The molecule has 1 saturated heterocycles. The molecular formula is C16H24Cl2N2O. The molecule has 2 N–H and O–H groups in total. The van der Waals surface area contributed by atoms with Crippen molar-refractivity contribution in [2.75, 3.05) is 6.54 Å². The lowest BCUT2D eigenvalue weighted by Crippen LogP contribution is -2.36. The van der Waals surface area contributed by atoms with E-state index >= 15 is 0 Å². The molecule has 118 valence electrons. The molecule has 1 aliphatic heterocycles. The minimum Gasteiger partial charge on any atom is -0.349 e. The summed E-state index contributed by atoms with van der Waals surface area (Å²) in [5.41, 5.74) is 0.997. The monoisotopic (exact) mass is 330 g/mol. The highest BCUT2D eigenvalue weighted by molar-refractivity contribution is 6.31. The molecule has 5 heteroatoms. The highest BCUT2D eigenvalue weighted by atomic mass is 35.5. The van der Waals surface area contributed by atoms with Crippen LogP contribution in [0.4, 0.5) is 0 Å². The number of carbonyl (C=O) groups is 1. The molecule has 0 aromatic heterocycles. The number of carbonyl (C=O) groups excluding carboxylic acids is 1. The molecule has 2 rings (SSSR count). The van der Waals surface area contributed by atoms with Crippen molar-refractivity contribution in [3.63, 3.8) is 0 Å². The highest BCUT2D eigenvalue weighted by Gasteiger charge is 2.23. The van der Waals surface area contributed by atoms with Crippen LogP contribution >= 0.6 is 24.0 Å². The standard InChI is InChI=1S/C16H23ClN2O.ClH/c1-11(2)16(13-7-3-4-8-14(13)17)19-15(20)10-12-6-5-9-18-12;/h3-4,7-8,11-12,16,18H,5-6,9-10H2,1-2H3,(H,19,20);1H. The number of hydrogen-bond donors (Lipinski definition) is 2. The van der Waals surface area contributed by atoms with Crippen molar-refractivity contribution in [1.82, 2.24) is 10.6 Å². The quantitative estimate of drug-likeness (QED) is 0.863. The Bertz CT molecular complexity index is 459. The van der Waals surface area contributed by atoms with E-state index in [-0.39, 0.29) is 24.4 Å². The predicted octanol–water partition coefficient (Wildman–Crippen LogP) is 3.72. The fourth-order valence-corrected chi connectivity index (χ4v) is 2.97. The van der Waals surface area contributed by atoms with Crippen molar-refractivity contribution in [2.24, 2.45) is 5.92 Å². The Morgan fingerprint density at radius 1 is 1.43 bits per heavy atom. The van der Waals surface area contributed by atoms with Crippen LogP contribution in [0.3, 0.4) is 0 Å². The molecule has 1 amide bonds. The summed E-state index contributed by atoms with van der Waals surface area (Å²) in [4.78, 5) is 12.2. The van der Waals surface area contributed by atoms with Gasteiger partial charge in [-0.25, -0.2) is 0 Å². The van der Waals surface area contributed by atoms with Gasteiger partial charge in [0.15, 0.2) is 0 Å². The molecule has 1 fully saturated rings. The van der Waals surface area contributed by atoms with Gasteiger partial charge in [0.1, 0.15) is 0 Å². The average Bonchev–Trinajstić information content (AvgIpc) is 2.89. The summed E-state index contributed by atoms with van der Waals surface area (Å²) in [6, 6.07) is 8.03. The Labute approximate surface area is 138 Å². The molecule has 21 heavy (non-hydrogen) atoms. The van der Waals surface area contributed by atoms with E-state index in [0.29, 0.717) is 23.4 Å². The minimum absolute atomic E-state index is 0. The molecule has 1 aliphatic rings. The van der Waals surface area contributed by atoms with Crippen LogP contribution in [0.5, 0.6) is 0 Å². The molecule has 3 nitrogen and oxygen atoms in total. The Balaban J connectivity index is 0.00000220. The molecule has 1 aromatic carbocycles. The summed E-state index contributed by atoms with van der Waals surface area (Å²) in [6.07, 6.45) is 2.80. The number of amides is 1. The Morgan fingerprint density at radius 2 is 2.14 bits per heavy atom. The topological polar surface area (TPSA) is 41.1 Å². The van der Waals surface area contributed by atoms with Crippen molar-refractivity contribution in [1.29, 1.82) is 0 Å². The maximum absolute atomic E-state index is 12.2. The zero-order chi connectivity index (χ0) is 14.5. The SMILES string of the molecule is CC(C)C(NC(=O)CC1CCCN1)c1ccccc1Cl.Cl. The average molecular weight is 331 g/mol. The molecule has 0 spiro atoms. The van der Waals surface area contributed by atoms with Gasteiger partial charge < -0.3 is 10.6 Å². The second-order valence-electron chi connectivity index (χ2n) is 5.81. The van der Waals surface area contributed by atoms with Crippen molar-refractivity contribution < 1.29 is 4.79 Å². The van der Waals surface area contributed by atoms with Gasteiger partial charge in [-0.3, -0.25) is 4.79 Å². The highest BCUT2D eigenvalue weighted by Crippen LogP contribution is 2.28. The Hall–Kier alpha value is -0.770. The summed E-state index contributed by atoms with van der Waals surface area (Å²) in [7, 11) is 0.